The molecule has 5 heteroatoms. The van der Waals surface area contributed by atoms with Gasteiger partial charge in [0.25, 0.3) is 5.91 Å². The van der Waals surface area contributed by atoms with Gasteiger partial charge in [-0.25, -0.2) is 0 Å². The van der Waals surface area contributed by atoms with Crippen LogP contribution in [0.25, 0.3) is 0 Å². The van der Waals surface area contributed by atoms with Crippen molar-refractivity contribution in [1.82, 2.24) is 4.90 Å². The summed E-state index contributed by atoms with van der Waals surface area (Å²) in [7, 11) is 0. The zero-order valence-corrected chi connectivity index (χ0v) is 14.3. The minimum absolute atomic E-state index is 0.0745. The number of aryl methyl sites for hydroxylation is 1. The third kappa shape index (κ3) is 4.45. The third-order valence-corrected chi connectivity index (χ3v) is 4.22. The number of benzene rings is 2. The highest BCUT2D eigenvalue weighted by Gasteiger charge is 2.21. The van der Waals surface area contributed by atoms with Gasteiger partial charge < -0.3 is 15.0 Å². The van der Waals surface area contributed by atoms with Crippen molar-refractivity contribution in [3.05, 3.63) is 65.2 Å². The molecule has 0 unspecified atom stereocenters. The number of nitrogens with zero attached hydrogens (tertiary/aromatic N) is 1. The van der Waals surface area contributed by atoms with Crippen LogP contribution < -0.4 is 5.32 Å². The van der Waals surface area contributed by atoms with E-state index in [2.05, 4.69) is 5.32 Å². The van der Waals surface area contributed by atoms with Crippen LogP contribution >= 0.6 is 0 Å². The lowest BCUT2D eigenvalue weighted by Crippen LogP contribution is -2.41. The Balaban J connectivity index is 1.70. The summed E-state index contributed by atoms with van der Waals surface area (Å²) in [5.74, 6) is -0.208. The molecule has 1 fully saturated rings. The van der Waals surface area contributed by atoms with Crippen LogP contribution in [0.4, 0.5) is 5.69 Å². The minimum atomic E-state index is -0.133. The molecule has 0 spiro atoms. The van der Waals surface area contributed by atoms with E-state index >= 15 is 0 Å². The SMILES string of the molecule is Cc1ccc(CC(=O)Nc2ccccc2C(=O)N2CCOCC2)cc1. The van der Waals surface area contributed by atoms with Crippen molar-refractivity contribution in [2.75, 3.05) is 31.6 Å². The van der Waals surface area contributed by atoms with Crippen LogP contribution in [0.1, 0.15) is 21.5 Å². The Morgan fingerprint density at radius 3 is 2.44 bits per heavy atom. The third-order valence-electron chi connectivity index (χ3n) is 4.22. The predicted molar refractivity (Wildman–Crippen MR) is 96.7 cm³/mol. The Labute approximate surface area is 147 Å². The molecule has 0 radical (unpaired) electrons. The van der Waals surface area contributed by atoms with Gasteiger partial charge in [0.1, 0.15) is 0 Å². The summed E-state index contributed by atoms with van der Waals surface area (Å²) >= 11 is 0. The van der Waals surface area contributed by atoms with Gasteiger partial charge in [-0.1, -0.05) is 42.0 Å². The van der Waals surface area contributed by atoms with Crippen molar-refractivity contribution in [3.63, 3.8) is 0 Å². The highest BCUT2D eigenvalue weighted by molar-refractivity contribution is 6.04. The molecule has 2 aromatic carbocycles. The molecule has 1 heterocycles. The number of carbonyl (C=O) groups excluding carboxylic acids is 2. The second kappa shape index (κ2) is 7.94. The van der Waals surface area contributed by atoms with Gasteiger partial charge in [0.15, 0.2) is 0 Å². The predicted octanol–water partition coefficient (Wildman–Crippen LogP) is 2.65. The monoisotopic (exact) mass is 338 g/mol. The summed E-state index contributed by atoms with van der Waals surface area (Å²) in [4.78, 5) is 26.8. The van der Waals surface area contributed by atoms with E-state index in [-0.39, 0.29) is 18.2 Å². The lowest BCUT2D eigenvalue weighted by molar-refractivity contribution is -0.115. The zero-order chi connectivity index (χ0) is 17.6. The summed E-state index contributed by atoms with van der Waals surface area (Å²) < 4.78 is 5.29. The molecular formula is C20H22N2O3. The maximum absolute atomic E-state index is 12.7. The maximum Gasteiger partial charge on any atom is 0.256 e. The van der Waals surface area contributed by atoms with E-state index < -0.39 is 0 Å². The molecule has 0 aromatic heterocycles. The van der Waals surface area contributed by atoms with E-state index in [1.54, 1.807) is 17.0 Å². The minimum Gasteiger partial charge on any atom is -0.378 e. The van der Waals surface area contributed by atoms with Crippen molar-refractivity contribution in [2.24, 2.45) is 0 Å². The molecule has 25 heavy (non-hydrogen) atoms. The molecule has 2 amide bonds. The first kappa shape index (κ1) is 17.2. The van der Waals surface area contributed by atoms with Gasteiger partial charge in [0.05, 0.1) is 30.9 Å². The summed E-state index contributed by atoms with van der Waals surface area (Å²) in [6.45, 7) is 4.26. The fourth-order valence-electron chi connectivity index (χ4n) is 2.80. The van der Waals surface area contributed by atoms with Gasteiger partial charge in [0, 0.05) is 13.1 Å². The summed E-state index contributed by atoms with van der Waals surface area (Å²) in [6, 6.07) is 15.0. The van der Waals surface area contributed by atoms with E-state index in [0.717, 1.165) is 11.1 Å². The molecular weight excluding hydrogens is 316 g/mol. The van der Waals surface area contributed by atoms with Crippen LogP contribution in [0.5, 0.6) is 0 Å². The van der Waals surface area contributed by atoms with E-state index in [4.69, 9.17) is 4.74 Å². The van der Waals surface area contributed by atoms with Crippen LogP contribution in [0.15, 0.2) is 48.5 Å². The van der Waals surface area contributed by atoms with Crippen molar-refractivity contribution in [2.45, 2.75) is 13.3 Å². The number of hydrogen-bond acceptors (Lipinski definition) is 3. The summed E-state index contributed by atoms with van der Waals surface area (Å²) in [5, 5.41) is 2.88. The number of carbonyl (C=O) groups is 2. The Morgan fingerprint density at radius 1 is 1.04 bits per heavy atom. The normalized spacial score (nSPS) is 14.2. The molecule has 0 aliphatic carbocycles. The number of ether oxygens (including phenoxy) is 1. The first-order valence-electron chi connectivity index (χ1n) is 8.45. The molecule has 5 nitrogen and oxygen atoms in total. The first-order chi connectivity index (χ1) is 12.1. The van der Waals surface area contributed by atoms with Crippen LogP contribution in [-0.4, -0.2) is 43.0 Å². The van der Waals surface area contributed by atoms with E-state index in [1.165, 1.54) is 0 Å². The number of morpholine rings is 1. The molecule has 1 saturated heterocycles. The number of anilines is 1. The quantitative estimate of drug-likeness (QED) is 0.932. The van der Waals surface area contributed by atoms with Gasteiger partial charge in [-0.15, -0.1) is 0 Å². The summed E-state index contributed by atoms with van der Waals surface area (Å²) in [6.07, 6.45) is 0.278. The lowest BCUT2D eigenvalue weighted by Gasteiger charge is -2.27. The molecule has 3 rings (SSSR count). The van der Waals surface area contributed by atoms with Crippen molar-refractivity contribution in [3.8, 4) is 0 Å². The molecule has 1 N–H and O–H groups in total. The number of para-hydroxylation sites is 1. The van der Waals surface area contributed by atoms with Crippen LogP contribution in [0.3, 0.4) is 0 Å². The van der Waals surface area contributed by atoms with Crippen LogP contribution in [0, 0.1) is 6.92 Å². The molecule has 0 atom stereocenters. The molecule has 2 aromatic rings. The average molecular weight is 338 g/mol. The van der Waals surface area contributed by atoms with E-state index in [0.29, 0.717) is 37.6 Å². The Morgan fingerprint density at radius 2 is 1.72 bits per heavy atom. The second-order valence-corrected chi connectivity index (χ2v) is 6.16. The molecule has 0 saturated carbocycles. The van der Waals surface area contributed by atoms with Gasteiger partial charge in [-0.3, -0.25) is 9.59 Å². The number of hydrogen-bond donors (Lipinski definition) is 1. The summed E-state index contributed by atoms with van der Waals surface area (Å²) in [5.41, 5.74) is 3.17. The fourth-order valence-corrected chi connectivity index (χ4v) is 2.80. The number of rotatable bonds is 4. The maximum atomic E-state index is 12.7. The Bertz CT molecular complexity index is 750. The van der Waals surface area contributed by atoms with E-state index in [1.807, 2.05) is 43.3 Å². The van der Waals surface area contributed by atoms with Gasteiger partial charge in [0.2, 0.25) is 5.91 Å². The topological polar surface area (TPSA) is 58.6 Å². The molecule has 0 bridgehead atoms. The highest BCUT2D eigenvalue weighted by atomic mass is 16.5. The lowest BCUT2D eigenvalue weighted by atomic mass is 10.1. The number of amides is 2. The molecule has 1 aliphatic rings. The average Bonchev–Trinajstić information content (AvgIpc) is 2.64. The van der Waals surface area contributed by atoms with E-state index in [9.17, 15) is 9.59 Å². The van der Waals surface area contributed by atoms with Crippen molar-refractivity contribution >= 4 is 17.5 Å². The number of nitrogens with one attached hydrogen (secondary N) is 1. The Kier molecular flexibility index (Phi) is 5.46. The van der Waals surface area contributed by atoms with Gasteiger partial charge in [-0.2, -0.15) is 0 Å². The van der Waals surface area contributed by atoms with Gasteiger partial charge >= 0.3 is 0 Å². The van der Waals surface area contributed by atoms with Crippen molar-refractivity contribution in [1.29, 1.82) is 0 Å². The second-order valence-electron chi connectivity index (χ2n) is 6.16. The zero-order valence-electron chi connectivity index (χ0n) is 14.3. The fraction of sp³-hybridized carbons (Fsp3) is 0.300. The standard InChI is InChI=1S/C20H22N2O3/c1-15-6-8-16(9-7-15)14-19(23)21-18-5-3-2-4-17(18)20(24)22-10-12-25-13-11-22/h2-9H,10-14H2,1H3,(H,21,23). The largest absolute Gasteiger partial charge is 0.378 e. The molecule has 1 aliphatic heterocycles. The van der Waals surface area contributed by atoms with Gasteiger partial charge in [-0.05, 0) is 24.6 Å². The Hall–Kier alpha value is -2.66. The smallest absolute Gasteiger partial charge is 0.256 e. The van der Waals surface area contributed by atoms with Crippen LogP contribution in [0.2, 0.25) is 0 Å². The first-order valence-corrected chi connectivity index (χ1v) is 8.45. The van der Waals surface area contributed by atoms with Crippen molar-refractivity contribution < 1.29 is 14.3 Å². The molecule has 130 valence electrons. The van der Waals surface area contributed by atoms with Crippen LogP contribution in [-0.2, 0) is 16.0 Å². The highest BCUT2D eigenvalue weighted by Crippen LogP contribution is 2.18.